The van der Waals surface area contributed by atoms with Crippen molar-refractivity contribution in [2.75, 3.05) is 20.4 Å². The van der Waals surface area contributed by atoms with Crippen LogP contribution in [0.4, 0.5) is 0 Å². The number of hydroxylamine groups is 2. The van der Waals surface area contributed by atoms with Crippen LogP contribution in [0.1, 0.15) is 22.7 Å². The fourth-order valence-electron chi connectivity index (χ4n) is 4.16. The van der Waals surface area contributed by atoms with E-state index in [0.717, 1.165) is 34.2 Å². The maximum Gasteiger partial charge on any atom is 0.231 e. The van der Waals surface area contributed by atoms with Crippen molar-refractivity contribution in [1.29, 1.82) is 0 Å². The average Bonchev–Trinajstić information content (AvgIpc) is 3.06. The molecule has 0 fully saturated rings. The first-order chi connectivity index (χ1) is 11.7. The van der Waals surface area contributed by atoms with Crippen molar-refractivity contribution in [3.63, 3.8) is 0 Å². The zero-order valence-electron chi connectivity index (χ0n) is 13.2. The number of ether oxygens (including phenoxy) is 3. The normalized spacial score (nSPS) is 20.5. The molecule has 6 heteroatoms. The van der Waals surface area contributed by atoms with Crippen LogP contribution in [-0.2, 0) is 12.8 Å². The molecule has 0 saturated heterocycles. The van der Waals surface area contributed by atoms with E-state index in [2.05, 4.69) is 0 Å². The van der Waals surface area contributed by atoms with Crippen LogP contribution in [0.5, 0.6) is 23.0 Å². The molecule has 2 aromatic carbocycles. The molecule has 24 heavy (non-hydrogen) atoms. The van der Waals surface area contributed by atoms with Crippen molar-refractivity contribution in [2.45, 2.75) is 18.9 Å². The number of fused-ring (bicyclic) bond motifs is 4. The third-order valence-corrected chi connectivity index (χ3v) is 5.18. The third-order valence-electron chi connectivity index (χ3n) is 5.18. The van der Waals surface area contributed by atoms with E-state index in [4.69, 9.17) is 14.2 Å². The van der Waals surface area contributed by atoms with E-state index in [-0.39, 0.29) is 18.6 Å². The quantitative estimate of drug-likeness (QED) is 0.839. The summed E-state index contributed by atoms with van der Waals surface area (Å²) < 4.78 is 16.8. The molecule has 2 aromatic rings. The first-order valence-corrected chi connectivity index (χ1v) is 7.99. The van der Waals surface area contributed by atoms with Crippen LogP contribution in [0.2, 0.25) is 0 Å². The molecule has 2 N–H and O–H groups in total. The van der Waals surface area contributed by atoms with Crippen LogP contribution >= 0.6 is 0 Å². The number of methoxy groups -OCH3 is 1. The van der Waals surface area contributed by atoms with E-state index in [1.165, 1.54) is 5.06 Å². The highest BCUT2D eigenvalue weighted by Gasteiger charge is 2.40. The van der Waals surface area contributed by atoms with Crippen molar-refractivity contribution in [3.8, 4) is 34.1 Å². The van der Waals surface area contributed by atoms with Gasteiger partial charge in [-0.3, -0.25) is 0 Å². The molecule has 2 heterocycles. The Hall–Kier alpha value is -2.44. The summed E-state index contributed by atoms with van der Waals surface area (Å²) in [5.41, 5.74) is 4.92. The van der Waals surface area contributed by atoms with Crippen LogP contribution in [0, 0.1) is 0 Å². The van der Waals surface area contributed by atoms with Crippen molar-refractivity contribution >= 4 is 0 Å². The van der Waals surface area contributed by atoms with Gasteiger partial charge < -0.3 is 24.5 Å². The van der Waals surface area contributed by atoms with Gasteiger partial charge in [0.05, 0.1) is 13.2 Å². The monoisotopic (exact) mass is 327 g/mol. The summed E-state index contributed by atoms with van der Waals surface area (Å²) in [4.78, 5) is 0. The maximum atomic E-state index is 10.4. The van der Waals surface area contributed by atoms with Crippen LogP contribution in [0.15, 0.2) is 18.2 Å². The zero-order valence-corrected chi connectivity index (χ0v) is 13.2. The van der Waals surface area contributed by atoms with Gasteiger partial charge in [-0.1, -0.05) is 6.07 Å². The number of benzene rings is 2. The fourth-order valence-corrected chi connectivity index (χ4v) is 4.16. The number of phenols is 1. The highest BCUT2D eigenvalue weighted by molar-refractivity contribution is 5.88. The van der Waals surface area contributed by atoms with E-state index >= 15 is 0 Å². The highest BCUT2D eigenvalue weighted by Crippen LogP contribution is 2.57. The fraction of sp³-hybridized carbons (Fsp3) is 0.333. The number of nitrogens with zero attached hydrogens (tertiary/aromatic N) is 1. The van der Waals surface area contributed by atoms with Crippen LogP contribution in [0.25, 0.3) is 11.1 Å². The SMILES string of the molecule is COc1c(O)ccc2c1-c1c3c(cc4c1C(C2)N(O)CC4)OCO3. The molecule has 0 spiro atoms. The van der Waals surface area contributed by atoms with Crippen molar-refractivity contribution in [3.05, 3.63) is 34.9 Å². The van der Waals surface area contributed by atoms with E-state index in [1.54, 1.807) is 13.2 Å². The minimum absolute atomic E-state index is 0.0941. The maximum absolute atomic E-state index is 10.4. The van der Waals surface area contributed by atoms with Gasteiger partial charge in [0, 0.05) is 17.7 Å². The number of hydrogen-bond donors (Lipinski definition) is 2. The first-order valence-electron chi connectivity index (χ1n) is 7.99. The molecule has 1 aliphatic carbocycles. The minimum atomic E-state index is -0.125. The molecule has 1 atom stereocenters. The Kier molecular flexibility index (Phi) is 2.78. The lowest BCUT2D eigenvalue weighted by Crippen LogP contribution is -2.36. The number of aromatic hydroxyl groups is 1. The molecule has 0 aromatic heterocycles. The summed E-state index contributed by atoms with van der Waals surface area (Å²) in [5.74, 6) is 1.91. The summed E-state index contributed by atoms with van der Waals surface area (Å²) in [6.45, 7) is 0.760. The predicted octanol–water partition coefficient (Wildman–Crippen LogP) is 2.64. The van der Waals surface area contributed by atoms with Crippen molar-refractivity contribution in [1.82, 2.24) is 5.06 Å². The van der Waals surface area contributed by atoms with E-state index in [1.807, 2.05) is 12.1 Å². The smallest absolute Gasteiger partial charge is 0.231 e. The Morgan fingerprint density at radius 2 is 2.08 bits per heavy atom. The Bertz CT molecular complexity index is 863. The Labute approximate surface area is 138 Å². The summed E-state index contributed by atoms with van der Waals surface area (Å²) in [6, 6.07) is 5.41. The largest absolute Gasteiger partial charge is 0.504 e. The molecule has 0 saturated carbocycles. The molecule has 3 aliphatic rings. The molecule has 124 valence electrons. The number of hydrogen-bond acceptors (Lipinski definition) is 6. The summed E-state index contributed by atoms with van der Waals surface area (Å²) in [7, 11) is 1.55. The third kappa shape index (κ3) is 1.67. The molecule has 6 nitrogen and oxygen atoms in total. The zero-order chi connectivity index (χ0) is 16.4. The van der Waals surface area contributed by atoms with Gasteiger partial charge in [0.2, 0.25) is 6.79 Å². The lowest BCUT2D eigenvalue weighted by molar-refractivity contribution is -0.133. The predicted molar refractivity (Wildman–Crippen MR) is 84.9 cm³/mol. The molecule has 0 radical (unpaired) electrons. The number of phenolic OH excluding ortho intramolecular Hbond substituents is 1. The Morgan fingerprint density at radius 3 is 2.92 bits per heavy atom. The van der Waals surface area contributed by atoms with Gasteiger partial charge in [-0.15, -0.1) is 0 Å². The molecule has 5 rings (SSSR count). The van der Waals surface area contributed by atoms with E-state index in [0.29, 0.717) is 30.2 Å². The van der Waals surface area contributed by atoms with Crippen LogP contribution in [0.3, 0.4) is 0 Å². The molecular weight excluding hydrogens is 310 g/mol. The van der Waals surface area contributed by atoms with Crippen LogP contribution < -0.4 is 14.2 Å². The average molecular weight is 327 g/mol. The molecule has 2 aliphatic heterocycles. The topological polar surface area (TPSA) is 71.4 Å². The second-order valence-electron chi connectivity index (χ2n) is 6.34. The van der Waals surface area contributed by atoms with Gasteiger partial charge in [0.25, 0.3) is 0 Å². The number of rotatable bonds is 1. The van der Waals surface area contributed by atoms with Gasteiger partial charge in [0.1, 0.15) is 0 Å². The Morgan fingerprint density at radius 1 is 1.21 bits per heavy atom. The van der Waals surface area contributed by atoms with Gasteiger partial charge >= 0.3 is 0 Å². The van der Waals surface area contributed by atoms with Gasteiger partial charge in [-0.25, -0.2) is 0 Å². The minimum Gasteiger partial charge on any atom is -0.504 e. The first kappa shape index (κ1) is 13.9. The lowest BCUT2D eigenvalue weighted by atomic mass is 9.76. The summed E-state index contributed by atoms with van der Waals surface area (Å²) in [5, 5.41) is 22.1. The lowest BCUT2D eigenvalue weighted by Gasteiger charge is -2.38. The van der Waals surface area contributed by atoms with Crippen molar-refractivity contribution in [2.24, 2.45) is 0 Å². The van der Waals surface area contributed by atoms with Gasteiger partial charge in [-0.2, -0.15) is 5.06 Å². The standard InChI is InChI=1S/C18H17NO5/c1-22-17-12(20)3-2-9-6-11-14-10(4-5-19(11)21)7-13-18(24-8-23-13)16(14)15(9)17/h2-3,7,11,20-21H,4-6,8H2,1H3. The van der Waals surface area contributed by atoms with Gasteiger partial charge in [-0.05, 0) is 41.7 Å². The second-order valence-corrected chi connectivity index (χ2v) is 6.34. The highest BCUT2D eigenvalue weighted by atomic mass is 16.7. The summed E-state index contributed by atoms with van der Waals surface area (Å²) in [6.07, 6.45) is 1.39. The van der Waals surface area contributed by atoms with E-state index < -0.39 is 0 Å². The summed E-state index contributed by atoms with van der Waals surface area (Å²) >= 11 is 0. The van der Waals surface area contributed by atoms with Crippen molar-refractivity contribution < 1.29 is 24.5 Å². The molecular formula is C18H17NO5. The molecule has 1 unspecified atom stereocenters. The Balaban J connectivity index is 1.90. The second kappa shape index (κ2) is 4.78. The van der Waals surface area contributed by atoms with Gasteiger partial charge in [0.15, 0.2) is 23.0 Å². The molecule has 0 amide bonds. The van der Waals surface area contributed by atoms with Crippen LogP contribution in [-0.4, -0.2) is 35.8 Å². The molecule has 0 bridgehead atoms. The van der Waals surface area contributed by atoms with E-state index in [9.17, 15) is 10.3 Å².